The second kappa shape index (κ2) is 14.6. The Morgan fingerprint density at radius 1 is 0.549 bits per heavy atom. The predicted molar refractivity (Wildman–Crippen MR) is 205 cm³/mol. The Hall–Kier alpha value is -5.74. The topological polar surface area (TPSA) is 51.8 Å². The minimum Gasteiger partial charge on any atom is -0.500 e. The molecule has 0 saturated carbocycles. The zero-order valence-electron chi connectivity index (χ0n) is 28.4. The van der Waals surface area contributed by atoms with Gasteiger partial charge in [0.1, 0.15) is 5.58 Å². The van der Waals surface area contributed by atoms with E-state index in [-0.39, 0.29) is 20.1 Å². The summed E-state index contributed by atoms with van der Waals surface area (Å²) in [4.78, 5) is 13.5. The second-order valence-electron chi connectivity index (χ2n) is 12.5. The third-order valence-electron chi connectivity index (χ3n) is 9.03. The molecule has 0 aliphatic carbocycles. The number of aromatic nitrogens is 3. The van der Waals surface area contributed by atoms with Crippen molar-refractivity contribution in [2.45, 2.75) is 20.8 Å². The van der Waals surface area contributed by atoms with E-state index in [1.807, 2.05) is 80.2 Å². The summed E-state index contributed by atoms with van der Waals surface area (Å²) in [5, 5.41) is 4.46. The monoisotopic (exact) mass is 836 g/mol. The number of hydrogen-bond donors (Lipinski definition) is 0. The summed E-state index contributed by atoms with van der Waals surface area (Å²) >= 11 is 0. The summed E-state index contributed by atoms with van der Waals surface area (Å²) in [6, 6.07) is 48.1. The molecule has 0 aliphatic heterocycles. The fourth-order valence-electron chi connectivity index (χ4n) is 6.41. The average Bonchev–Trinajstić information content (AvgIpc) is 3.56. The summed E-state index contributed by atoms with van der Waals surface area (Å²) in [6.45, 7) is 6.19. The van der Waals surface area contributed by atoms with Gasteiger partial charge in [0.05, 0.1) is 5.58 Å². The number of fused-ring (bicyclic) bond motifs is 4. The Kier molecular flexibility index (Phi) is 9.67. The van der Waals surface area contributed by atoms with E-state index in [1.54, 1.807) is 0 Å². The van der Waals surface area contributed by atoms with E-state index in [2.05, 4.69) is 114 Å². The Labute approximate surface area is 311 Å². The summed E-state index contributed by atoms with van der Waals surface area (Å²) < 4.78 is 6.66. The van der Waals surface area contributed by atoms with Crippen molar-refractivity contribution in [2.24, 2.45) is 0 Å². The van der Waals surface area contributed by atoms with E-state index in [0.717, 1.165) is 77.7 Å². The zero-order chi connectivity index (χ0) is 34.0. The molecule has 0 aliphatic rings. The largest absolute Gasteiger partial charge is 0.500 e. The molecule has 0 unspecified atom stereocenters. The van der Waals surface area contributed by atoms with Crippen LogP contribution in [0.3, 0.4) is 0 Å². The van der Waals surface area contributed by atoms with Crippen molar-refractivity contribution in [1.82, 2.24) is 15.0 Å². The fourth-order valence-corrected chi connectivity index (χ4v) is 6.41. The van der Waals surface area contributed by atoms with Gasteiger partial charge in [-0.05, 0) is 64.5 Å². The molecule has 0 fully saturated rings. The van der Waals surface area contributed by atoms with Crippen LogP contribution in [-0.2, 0) is 20.1 Å². The third kappa shape index (κ3) is 6.74. The second-order valence-corrected chi connectivity index (χ2v) is 12.5. The van der Waals surface area contributed by atoms with Crippen LogP contribution in [0, 0.1) is 32.9 Å². The minimum atomic E-state index is 0. The number of aryl methyl sites for hydroxylation is 3. The van der Waals surface area contributed by atoms with E-state index in [9.17, 15) is 0 Å². The van der Waals surface area contributed by atoms with Crippen LogP contribution >= 0.6 is 0 Å². The number of hydrogen-bond acceptors (Lipinski definition) is 4. The van der Waals surface area contributed by atoms with E-state index in [1.165, 1.54) is 16.5 Å². The van der Waals surface area contributed by atoms with Gasteiger partial charge in [-0.1, -0.05) is 103 Å². The molecule has 51 heavy (non-hydrogen) atoms. The molecule has 1 radical (unpaired) electrons. The fraction of sp³-hybridized carbons (Fsp3) is 0.0652. The number of pyridine rings is 3. The van der Waals surface area contributed by atoms with Gasteiger partial charge in [-0.25, -0.2) is 0 Å². The van der Waals surface area contributed by atoms with Crippen LogP contribution in [0.15, 0.2) is 151 Å². The molecule has 0 bridgehead atoms. The maximum atomic E-state index is 6.66. The van der Waals surface area contributed by atoms with Crippen molar-refractivity contribution in [1.29, 1.82) is 0 Å². The number of para-hydroxylation sites is 1. The predicted octanol–water partition coefficient (Wildman–Crippen LogP) is 11.8. The van der Waals surface area contributed by atoms with Gasteiger partial charge in [-0.2, -0.15) is 0 Å². The third-order valence-corrected chi connectivity index (χ3v) is 9.03. The number of benzene rings is 5. The first-order valence-corrected chi connectivity index (χ1v) is 16.7. The average molecular weight is 836 g/mol. The van der Waals surface area contributed by atoms with Crippen LogP contribution in [-0.4, -0.2) is 15.0 Å². The standard InChI is InChI=1S/C33H21N2O.C13H12N.Ir/c1-21-19-34-20-30-24(21)10-5-11-25(30)26-12-6-13-27-28-14-7-15-29(33(28)36-32(26)27)31-18-23(16-17-35-31)22-8-3-2-4-9-22;1-10-3-6-12(7-4-10)13-8-5-11(2)9-14-13;/h2-14,16-20H,1H3;3-6,8-9H,1-2H3;/q2*-1;. The van der Waals surface area contributed by atoms with Crippen LogP contribution in [0.25, 0.3) is 77.5 Å². The molecule has 0 N–H and O–H groups in total. The van der Waals surface area contributed by atoms with Crippen LogP contribution in [0.2, 0.25) is 0 Å². The first-order valence-electron chi connectivity index (χ1n) is 16.7. The Bertz CT molecular complexity index is 2570. The van der Waals surface area contributed by atoms with Gasteiger partial charge in [0.15, 0.2) is 0 Å². The van der Waals surface area contributed by atoms with Gasteiger partial charge >= 0.3 is 0 Å². The smallest absolute Gasteiger partial charge is 0.128 e. The molecule has 5 heteroatoms. The first-order chi connectivity index (χ1) is 24.5. The SMILES string of the molecule is Cc1c[c-]c(-c2ccc(C)cn2)cc1.Cc1cncc2c(-c3cccc4c3oc3c(-c5cc(-c6ccccc6)ccn5)[c-]ccc34)cccc12.[Ir]. The Morgan fingerprint density at radius 3 is 2.12 bits per heavy atom. The number of rotatable bonds is 4. The summed E-state index contributed by atoms with van der Waals surface area (Å²) in [6.07, 6.45) is 7.58. The van der Waals surface area contributed by atoms with E-state index >= 15 is 0 Å². The summed E-state index contributed by atoms with van der Waals surface area (Å²) in [7, 11) is 0. The normalized spacial score (nSPS) is 10.9. The van der Waals surface area contributed by atoms with Gasteiger partial charge in [-0.15, -0.1) is 53.6 Å². The van der Waals surface area contributed by atoms with Gasteiger partial charge < -0.3 is 14.4 Å². The molecule has 4 nitrogen and oxygen atoms in total. The van der Waals surface area contributed by atoms with Crippen molar-refractivity contribution in [3.8, 4) is 44.8 Å². The maximum absolute atomic E-state index is 6.66. The van der Waals surface area contributed by atoms with E-state index in [4.69, 9.17) is 4.42 Å². The van der Waals surface area contributed by atoms with Crippen LogP contribution in [0.5, 0.6) is 0 Å². The molecular formula is C46H33IrN3O-2. The quantitative estimate of drug-likeness (QED) is 0.166. The van der Waals surface area contributed by atoms with Crippen LogP contribution in [0.1, 0.15) is 16.7 Å². The summed E-state index contributed by atoms with van der Waals surface area (Å²) in [5.41, 5.74) is 13.4. The molecular weight excluding hydrogens is 803 g/mol. The molecule has 5 aromatic carbocycles. The van der Waals surface area contributed by atoms with Crippen molar-refractivity contribution >= 4 is 32.7 Å². The maximum Gasteiger partial charge on any atom is 0.128 e. The van der Waals surface area contributed by atoms with E-state index in [0.29, 0.717) is 0 Å². The van der Waals surface area contributed by atoms with Gasteiger partial charge in [-0.3, -0.25) is 4.98 Å². The molecule has 0 atom stereocenters. The summed E-state index contributed by atoms with van der Waals surface area (Å²) in [5.74, 6) is 0. The van der Waals surface area contributed by atoms with E-state index < -0.39 is 0 Å². The Morgan fingerprint density at radius 2 is 1.33 bits per heavy atom. The van der Waals surface area contributed by atoms with Crippen LogP contribution in [0.4, 0.5) is 0 Å². The Balaban J connectivity index is 0.000000228. The minimum absolute atomic E-state index is 0. The number of nitrogens with zero attached hydrogens (tertiary/aromatic N) is 3. The van der Waals surface area contributed by atoms with Gasteiger partial charge in [0.2, 0.25) is 0 Å². The molecule has 9 aromatic rings. The first kappa shape index (κ1) is 33.7. The number of furan rings is 1. The van der Waals surface area contributed by atoms with Crippen molar-refractivity contribution in [3.63, 3.8) is 0 Å². The van der Waals surface area contributed by atoms with Crippen molar-refractivity contribution in [3.05, 3.63) is 175 Å². The molecule has 0 spiro atoms. The molecule has 0 amide bonds. The molecule has 0 saturated heterocycles. The molecule has 4 aromatic heterocycles. The van der Waals surface area contributed by atoms with Gasteiger partial charge in [0.25, 0.3) is 0 Å². The zero-order valence-corrected chi connectivity index (χ0v) is 30.8. The van der Waals surface area contributed by atoms with Crippen molar-refractivity contribution < 1.29 is 24.5 Å². The molecule has 4 heterocycles. The van der Waals surface area contributed by atoms with Crippen LogP contribution < -0.4 is 0 Å². The molecule has 9 rings (SSSR count). The van der Waals surface area contributed by atoms with Crippen molar-refractivity contribution in [2.75, 3.05) is 0 Å². The van der Waals surface area contributed by atoms with Gasteiger partial charge in [0, 0.05) is 61.2 Å². The molecule has 249 valence electrons.